The zero-order valence-electron chi connectivity index (χ0n) is 9.66. The standard InChI is InChI=1S/C12H16BrClO2S/c1-9(4-5-15)17-7-6-16-12-3-2-10(14)8-11(12)13/h2-3,8-9,15H,4-7H2,1H3. The molecule has 5 heteroatoms. The van der Waals surface area contributed by atoms with E-state index in [1.807, 2.05) is 18.2 Å². The largest absolute Gasteiger partial charge is 0.492 e. The van der Waals surface area contributed by atoms with Crippen molar-refractivity contribution in [2.75, 3.05) is 19.0 Å². The van der Waals surface area contributed by atoms with E-state index in [0.29, 0.717) is 16.9 Å². The van der Waals surface area contributed by atoms with Gasteiger partial charge >= 0.3 is 0 Å². The monoisotopic (exact) mass is 338 g/mol. The summed E-state index contributed by atoms with van der Waals surface area (Å²) in [7, 11) is 0. The van der Waals surface area contributed by atoms with Crippen LogP contribution in [0.3, 0.4) is 0 Å². The summed E-state index contributed by atoms with van der Waals surface area (Å²) >= 11 is 11.0. The van der Waals surface area contributed by atoms with Gasteiger partial charge in [0.05, 0.1) is 11.1 Å². The van der Waals surface area contributed by atoms with Crippen molar-refractivity contribution in [2.45, 2.75) is 18.6 Å². The van der Waals surface area contributed by atoms with Crippen molar-refractivity contribution in [3.8, 4) is 5.75 Å². The Morgan fingerprint density at radius 1 is 1.53 bits per heavy atom. The lowest BCUT2D eigenvalue weighted by molar-refractivity contribution is 0.288. The van der Waals surface area contributed by atoms with Crippen LogP contribution in [0.5, 0.6) is 5.75 Å². The van der Waals surface area contributed by atoms with E-state index >= 15 is 0 Å². The maximum atomic E-state index is 8.77. The summed E-state index contributed by atoms with van der Waals surface area (Å²) in [5.41, 5.74) is 0. The Kier molecular flexibility index (Phi) is 7.35. The Morgan fingerprint density at radius 3 is 2.94 bits per heavy atom. The van der Waals surface area contributed by atoms with Gasteiger partial charge in [0.25, 0.3) is 0 Å². The normalized spacial score (nSPS) is 12.5. The Labute approximate surface area is 120 Å². The molecule has 0 saturated heterocycles. The van der Waals surface area contributed by atoms with Gasteiger partial charge in [-0.1, -0.05) is 18.5 Å². The van der Waals surface area contributed by atoms with Crippen molar-refractivity contribution in [3.63, 3.8) is 0 Å². The van der Waals surface area contributed by atoms with Gasteiger partial charge in [0.2, 0.25) is 0 Å². The van der Waals surface area contributed by atoms with E-state index in [1.165, 1.54) is 0 Å². The minimum Gasteiger partial charge on any atom is -0.492 e. The van der Waals surface area contributed by atoms with Crippen molar-refractivity contribution in [1.29, 1.82) is 0 Å². The lowest BCUT2D eigenvalue weighted by atomic mass is 10.3. The average molecular weight is 340 g/mol. The van der Waals surface area contributed by atoms with E-state index in [4.69, 9.17) is 21.4 Å². The summed E-state index contributed by atoms with van der Waals surface area (Å²) in [6, 6.07) is 5.48. The quantitative estimate of drug-likeness (QED) is 0.762. The highest BCUT2D eigenvalue weighted by atomic mass is 79.9. The van der Waals surface area contributed by atoms with Crippen LogP contribution >= 0.6 is 39.3 Å². The number of halogens is 2. The van der Waals surface area contributed by atoms with Gasteiger partial charge in [-0.15, -0.1) is 0 Å². The van der Waals surface area contributed by atoms with Crippen LogP contribution in [0.2, 0.25) is 5.02 Å². The predicted molar refractivity (Wildman–Crippen MR) is 78.3 cm³/mol. The van der Waals surface area contributed by atoms with E-state index in [-0.39, 0.29) is 6.61 Å². The number of aliphatic hydroxyl groups excluding tert-OH is 1. The van der Waals surface area contributed by atoms with Gasteiger partial charge in [0.1, 0.15) is 5.75 Å². The smallest absolute Gasteiger partial charge is 0.133 e. The van der Waals surface area contributed by atoms with Crippen LogP contribution in [-0.4, -0.2) is 29.3 Å². The molecule has 2 nitrogen and oxygen atoms in total. The highest BCUT2D eigenvalue weighted by Crippen LogP contribution is 2.28. The molecule has 17 heavy (non-hydrogen) atoms. The van der Waals surface area contributed by atoms with Gasteiger partial charge in [-0.3, -0.25) is 0 Å². The zero-order valence-corrected chi connectivity index (χ0v) is 12.8. The molecule has 96 valence electrons. The maximum Gasteiger partial charge on any atom is 0.133 e. The third-order valence-corrected chi connectivity index (χ3v) is 4.23. The molecule has 1 aromatic rings. The number of hydrogen-bond acceptors (Lipinski definition) is 3. The molecule has 1 rings (SSSR count). The van der Waals surface area contributed by atoms with Crippen molar-refractivity contribution >= 4 is 39.3 Å². The highest BCUT2D eigenvalue weighted by Gasteiger charge is 2.04. The number of rotatable bonds is 7. The third kappa shape index (κ3) is 6.00. The number of thioether (sulfide) groups is 1. The second-order valence-electron chi connectivity index (χ2n) is 3.62. The fourth-order valence-corrected chi connectivity index (χ4v) is 2.91. The van der Waals surface area contributed by atoms with Crippen LogP contribution in [0, 0.1) is 0 Å². The molecule has 0 heterocycles. The van der Waals surface area contributed by atoms with Gasteiger partial charge in [-0.25, -0.2) is 0 Å². The van der Waals surface area contributed by atoms with Crippen molar-refractivity contribution in [2.24, 2.45) is 0 Å². The molecule has 0 aliphatic carbocycles. The van der Waals surface area contributed by atoms with Gasteiger partial charge in [0, 0.05) is 22.6 Å². The first-order valence-electron chi connectivity index (χ1n) is 5.44. The SMILES string of the molecule is CC(CCO)SCCOc1ccc(Cl)cc1Br. The van der Waals surface area contributed by atoms with Crippen molar-refractivity contribution in [3.05, 3.63) is 27.7 Å². The highest BCUT2D eigenvalue weighted by molar-refractivity contribution is 9.10. The van der Waals surface area contributed by atoms with Gasteiger partial charge in [0.15, 0.2) is 0 Å². The maximum absolute atomic E-state index is 8.77. The number of hydrogen-bond donors (Lipinski definition) is 1. The molecule has 0 saturated carbocycles. The Hall–Kier alpha value is 0.1000. The van der Waals surface area contributed by atoms with E-state index in [1.54, 1.807) is 11.8 Å². The first-order valence-corrected chi connectivity index (χ1v) is 7.65. The number of aliphatic hydroxyl groups is 1. The van der Waals surface area contributed by atoms with Crippen LogP contribution in [0.4, 0.5) is 0 Å². The minimum atomic E-state index is 0.248. The van der Waals surface area contributed by atoms with E-state index in [2.05, 4.69) is 22.9 Å². The lowest BCUT2D eigenvalue weighted by Crippen LogP contribution is -2.06. The Balaban J connectivity index is 2.26. The molecule has 0 aliphatic heterocycles. The summed E-state index contributed by atoms with van der Waals surface area (Å²) in [6.07, 6.45) is 0.829. The molecule has 0 amide bonds. The number of ether oxygens (including phenoxy) is 1. The first-order chi connectivity index (χ1) is 8.13. The topological polar surface area (TPSA) is 29.5 Å². The van der Waals surface area contributed by atoms with E-state index in [0.717, 1.165) is 22.4 Å². The third-order valence-electron chi connectivity index (χ3n) is 2.17. The van der Waals surface area contributed by atoms with E-state index in [9.17, 15) is 0 Å². The molecule has 0 bridgehead atoms. The average Bonchev–Trinajstić information content (AvgIpc) is 2.27. The summed E-state index contributed by atoms with van der Waals surface area (Å²) in [5, 5.41) is 9.93. The van der Waals surface area contributed by atoms with Crippen LogP contribution in [0.15, 0.2) is 22.7 Å². The predicted octanol–water partition coefficient (Wildman–Crippen LogP) is 3.99. The summed E-state index contributed by atoms with van der Waals surface area (Å²) in [6.45, 7) is 3.01. The van der Waals surface area contributed by atoms with Crippen molar-refractivity contribution < 1.29 is 9.84 Å². The molecule has 1 N–H and O–H groups in total. The fraction of sp³-hybridized carbons (Fsp3) is 0.500. The summed E-state index contributed by atoms with van der Waals surface area (Å²) in [5.74, 6) is 1.72. The molecule has 1 aromatic carbocycles. The molecular formula is C12H16BrClO2S. The summed E-state index contributed by atoms with van der Waals surface area (Å²) in [4.78, 5) is 0. The van der Waals surface area contributed by atoms with Gasteiger partial charge < -0.3 is 9.84 Å². The van der Waals surface area contributed by atoms with Crippen LogP contribution in [0.25, 0.3) is 0 Å². The Morgan fingerprint density at radius 2 is 2.29 bits per heavy atom. The van der Waals surface area contributed by atoms with E-state index < -0.39 is 0 Å². The molecule has 0 aromatic heterocycles. The van der Waals surface area contributed by atoms with Gasteiger partial charge in [-0.2, -0.15) is 11.8 Å². The molecule has 0 fully saturated rings. The zero-order chi connectivity index (χ0) is 12.7. The first kappa shape index (κ1) is 15.2. The summed E-state index contributed by atoms with van der Waals surface area (Å²) < 4.78 is 6.50. The van der Waals surface area contributed by atoms with Crippen molar-refractivity contribution in [1.82, 2.24) is 0 Å². The van der Waals surface area contributed by atoms with Crippen LogP contribution < -0.4 is 4.74 Å². The second-order valence-corrected chi connectivity index (χ2v) is 6.45. The van der Waals surface area contributed by atoms with Gasteiger partial charge in [-0.05, 0) is 40.5 Å². The molecule has 1 atom stereocenters. The second kappa shape index (κ2) is 8.25. The fourth-order valence-electron chi connectivity index (χ4n) is 1.26. The molecular weight excluding hydrogens is 324 g/mol. The Bertz CT molecular complexity index is 349. The van der Waals surface area contributed by atoms with Crippen LogP contribution in [0.1, 0.15) is 13.3 Å². The molecule has 0 radical (unpaired) electrons. The molecule has 1 unspecified atom stereocenters. The lowest BCUT2D eigenvalue weighted by Gasteiger charge is -2.11. The molecule has 0 spiro atoms. The van der Waals surface area contributed by atoms with Crippen LogP contribution in [-0.2, 0) is 0 Å². The minimum absolute atomic E-state index is 0.248. The number of benzene rings is 1. The molecule has 0 aliphatic rings.